The van der Waals surface area contributed by atoms with Crippen molar-refractivity contribution in [1.82, 2.24) is 19.7 Å². The third-order valence-corrected chi connectivity index (χ3v) is 4.18. The van der Waals surface area contributed by atoms with Gasteiger partial charge in [-0.1, -0.05) is 42.1 Å². The highest BCUT2D eigenvalue weighted by molar-refractivity contribution is 7.98. The summed E-state index contributed by atoms with van der Waals surface area (Å²) in [5.74, 6) is 0.808. The maximum Gasteiger partial charge on any atom is 0.346 e. The van der Waals surface area contributed by atoms with Crippen LogP contribution in [0.5, 0.6) is 0 Å². The molecule has 2 heterocycles. The second kappa shape index (κ2) is 6.09. The van der Waals surface area contributed by atoms with E-state index >= 15 is 0 Å². The molecule has 0 atom stereocenters. The van der Waals surface area contributed by atoms with Gasteiger partial charge in [0.1, 0.15) is 6.33 Å². The molecule has 0 unspecified atom stereocenters. The summed E-state index contributed by atoms with van der Waals surface area (Å²) in [5, 5.41) is 4.89. The smallest absolute Gasteiger partial charge is 0.323 e. The van der Waals surface area contributed by atoms with Crippen molar-refractivity contribution in [3.63, 3.8) is 0 Å². The zero-order valence-electron chi connectivity index (χ0n) is 11.1. The van der Waals surface area contributed by atoms with Crippen molar-refractivity contribution in [2.75, 3.05) is 13.1 Å². The summed E-state index contributed by atoms with van der Waals surface area (Å²) in [6.07, 6.45) is 3.67. The molecule has 1 aromatic heterocycles. The number of nitrogens with zero attached hydrogens (tertiary/aromatic N) is 4. The molecule has 0 saturated carbocycles. The average Bonchev–Trinajstić information content (AvgIpc) is 3.17. The van der Waals surface area contributed by atoms with Crippen LogP contribution in [0.4, 0.5) is 4.79 Å². The fraction of sp³-hybridized carbons (Fsp3) is 0.357. The van der Waals surface area contributed by atoms with Gasteiger partial charge in [0.2, 0.25) is 5.16 Å². The summed E-state index contributed by atoms with van der Waals surface area (Å²) in [7, 11) is 0. The Hall–Kier alpha value is -1.82. The minimum absolute atomic E-state index is 0.0680. The molecule has 6 heteroatoms. The number of hydrogen-bond acceptors (Lipinski definition) is 4. The molecule has 1 aliphatic rings. The lowest BCUT2D eigenvalue weighted by Gasteiger charge is -2.13. The average molecular weight is 288 g/mol. The van der Waals surface area contributed by atoms with Crippen LogP contribution in [0.2, 0.25) is 0 Å². The molecule has 0 spiro atoms. The third-order valence-electron chi connectivity index (χ3n) is 3.25. The summed E-state index contributed by atoms with van der Waals surface area (Å²) in [6.45, 7) is 1.65. The number of hydrogen-bond donors (Lipinski definition) is 0. The third kappa shape index (κ3) is 3.01. The number of benzene rings is 1. The fourth-order valence-electron chi connectivity index (χ4n) is 2.18. The second-order valence-electron chi connectivity index (χ2n) is 4.72. The van der Waals surface area contributed by atoms with Crippen LogP contribution in [0.15, 0.2) is 41.8 Å². The van der Waals surface area contributed by atoms with E-state index in [9.17, 15) is 4.79 Å². The molecule has 0 aliphatic carbocycles. The summed E-state index contributed by atoms with van der Waals surface area (Å²) >= 11 is 1.54. The van der Waals surface area contributed by atoms with E-state index < -0.39 is 0 Å². The van der Waals surface area contributed by atoms with Crippen LogP contribution in [-0.4, -0.2) is 38.8 Å². The number of carbonyl (C=O) groups is 1. The number of likely N-dealkylation sites (tertiary alicyclic amines) is 1. The molecule has 1 fully saturated rings. The van der Waals surface area contributed by atoms with Gasteiger partial charge in [0.05, 0.1) is 0 Å². The fourth-order valence-corrected chi connectivity index (χ4v) is 2.94. The first-order valence-corrected chi connectivity index (χ1v) is 7.69. The van der Waals surface area contributed by atoms with Crippen molar-refractivity contribution >= 4 is 17.8 Å². The van der Waals surface area contributed by atoms with E-state index in [1.165, 1.54) is 16.6 Å². The molecule has 0 radical (unpaired) electrons. The Bertz CT molecular complexity index is 578. The van der Waals surface area contributed by atoms with Gasteiger partial charge in [-0.2, -0.15) is 4.68 Å². The Morgan fingerprint density at radius 1 is 1.20 bits per heavy atom. The molecular formula is C14H16N4OS. The maximum absolute atomic E-state index is 12.1. The van der Waals surface area contributed by atoms with Crippen LogP contribution < -0.4 is 0 Å². The molecule has 2 aromatic rings. The molecular weight excluding hydrogens is 272 g/mol. The van der Waals surface area contributed by atoms with E-state index in [-0.39, 0.29) is 6.03 Å². The predicted molar refractivity (Wildman–Crippen MR) is 77.6 cm³/mol. The molecule has 20 heavy (non-hydrogen) atoms. The number of carbonyl (C=O) groups excluding carboxylic acids is 1. The monoisotopic (exact) mass is 288 g/mol. The number of amides is 1. The Morgan fingerprint density at radius 2 is 1.95 bits per heavy atom. The van der Waals surface area contributed by atoms with Crippen LogP contribution in [0, 0.1) is 0 Å². The highest BCUT2D eigenvalue weighted by Gasteiger charge is 2.20. The van der Waals surface area contributed by atoms with E-state index in [0.29, 0.717) is 5.16 Å². The van der Waals surface area contributed by atoms with Gasteiger partial charge < -0.3 is 4.90 Å². The van der Waals surface area contributed by atoms with E-state index in [1.54, 1.807) is 11.8 Å². The lowest BCUT2D eigenvalue weighted by Crippen LogP contribution is -2.32. The molecule has 5 nitrogen and oxygen atoms in total. The van der Waals surface area contributed by atoms with Gasteiger partial charge in [-0.15, -0.1) is 5.10 Å². The molecule has 1 amide bonds. The van der Waals surface area contributed by atoms with E-state index in [4.69, 9.17) is 0 Å². The number of rotatable bonds is 3. The van der Waals surface area contributed by atoms with Crippen LogP contribution in [-0.2, 0) is 5.75 Å². The maximum atomic E-state index is 12.1. The van der Waals surface area contributed by atoms with Crippen molar-refractivity contribution in [2.45, 2.75) is 23.8 Å². The van der Waals surface area contributed by atoms with Crippen molar-refractivity contribution in [3.05, 3.63) is 42.2 Å². The topological polar surface area (TPSA) is 51.0 Å². The van der Waals surface area contributed by atoms with E-state index in [0.717, 1.165) is 31.7 Å². The largest absolute Gasteiger partial charge is 0.346 e. The Kier molecular flexibility index (Phi) is 4.01. The van der Waals surface area contributed by atoms with Gasteiger partial charge in [-0.3, -0.25) is 0 Å². The summed E-state index contributed by atoms with van der Waals surface area (Å²) in [4.78, 5) is 18.1. The number of thioether (sulfide) groups is 1. The minimum Gasteiger partial charge on any atom is -0.323 e. The molecule has 0 bridgehead atoms. The van der Waals surface area contributed by atoms with Crippen molar-refractivity contribution in [3.8, 4) is 0 Å². The SMILES string of the molecule is O=C(N1CCCC1)n1cnc(SCc2ccccc2)n1. The van der Waals surface area contributed by atoms with Gasteiger partial charge in [-0.25, -0.2) is 9.78 Å². The van der Waals surface area contributed by atoms with Gasteiger partial charge >= 0.3 is 6.03 Å². The van der Waals surface area contributed by atoms with Crippen LogP contribution in [0.25, 0.3) is 0 Å². The lowest BCUT2D eigenvalue weighted by atomic mass is 10.2. The summed E-state index contributed by atoms with van der Waals surface area (Å²) < 4.78 is 1.35. The normalized spacial score (nSPS) is 14.7. The molecule has 1 aromatic carbocycles. The van der Waals surface area contributed by atoms with Crippen LogP contribution >= 0.6 is 11.8 Å². The summed E-state index contributed by atoms with van der Waals surface area (Å²) in [6, 6.07) is 10.1. The summed E-state index contributed by atoms with van der Waals surface area (Å²) in [5.41, 5.74) is 1.22. The van der Waals surface area contributed by atoms with Gasteiger partial charge in [0.15, 0.2) is 0 Å². The Balaban J connectivity index is 1.60. The molecule has 1 saturated heterocycles. The predicted octanol–water partition coefficient (Wildman–Crippen LogP) is 2.63. The quantitative estimate of drug-likeness (QED) is 0.815. The van der Waals surface area contributed by atoms with Gasteiger partial charge in [0, 0.05) is 18.8 Å². The Morgan fingerprint density at radius 3 is 2.70 bits per heavy atom. The van der Waals surface area contributed by atoms with Crippen molar-refractivity contribution in [2.24, 2.45) is 0 Å². The minimum atomic E-state index is -0.0680. The van der Waals surface area contributed by atoms with Gasteiger partial charge in [0.25, 0.3) is 0 Å². The standard InChI is InChI=1S/C14H16N4OS/c19-14(17-8-4-5-9-17)18-11-15-13(16-18)20-10-12-6-2-1-3-7-12/h1-3,6-7,11H,4-5,8-10H2. The highest BCUT2D eigenvalue weighted by Crippen LogP contribution is 2.18. The zero-order chi connectivity index (χ0) is 13.8. The second-order valence-corrected chi connectivity index (χ2v) is 5.67. The van der Waals surface area contributed by atoms with E-state index in [2.05, 4.69) is 22.2 Å². The highest BCUT2D eigenvalue weighted by atomic mass is 32.2. The van der Waals surface area contributed by atoms with Crippen molar-refractivity contribution in [1.29, 1.82) is 0 Å². The van der Waals surface area contributed by atoms with E-state index in [1.807, 2.05) is 23.1 Å². The molecule has 0 N–H and O–H groups in total. The number of aromatic nitrogens is 3. The lowest BCUT2D eigenvalue weighted by molar-refractivity contribution is 0.207. The molecule has 1 aliphatic heterocycles. The molecule has 3 rings (SSSR count). The van der Waals surface area contributed by atoms with Crippen LogP contribution in [0.1, 0.15) is 18.4 Å². The van der Waals surface area contributed by atoms with Crippen LogP contribution in [0.3, 0.4) is 0 Å². The Labute approximate surface area is 122 Å². The van der Waals surface area contributed by atoms with Gasteiger partial charge in [-0.05, 0) is 18.4 Å². The first kappa shape index (κ1) is 13.2. The zero-order valence-corrected chi connectivity index (χ0v) is 11.9. The molecule has 104 valence electrons. The first-order valence-electron chi connectivity index (χ1n) is 6.70. The first-order chi connectivity index (χ1) is 9.83. The van der Waals surface area contributed by atoms with Crippen molar-refractivity contribution < 1.29 is 4.79 Å².